The number of hydrogen-bond acceptors (Lipinski definition) is 8. The van der Waals surface area contributed by atoms with E-state index in [0.717, 1.165) is 6.92 Å². The molecule has 15 heteroatoms. The lowest BCUT2D eigenvalue weighted by atomic mass is 10.0. The number of phenolic OH excluding ortho intramolecular Hbond substituents is 1. The van der Waals surface area contributed by atoms with Crippen LogP contribution in [-0.4, -0.2) is 82.7 Å². The summed E-state index contributed by atoms with van der Waals surface area (Å²) < 4.78 is 0. The number of aliphatic carboxylic acids is 2. The molecule has 0 radical (unpaired) electrons. The minimum atomic E-state index is -1.26. The maximum absolute atomic E-state index is 12.8. The highest BCUT2D eigenvalue weighted by atomic mass is 16.4. The van der Waals surface area contributed by atoms with Gasteiger partial charge in [0.25, 0.3) is 5.97 Å². The van der Waals surface area contributed by atoms with Crippen molar-refractivity contribution in [1.29, 1.82) is 0 Å². The van der Waals surface area contributed by atoms with E-state index in [1.54, 1.807) is 12.1 Å². The Morgan fingerprint density at radius 3 is 2.06 bits per heavy atom. The second kappa shape index (κ2) is 17.1. The van der Waals surface area contributed by atoms with Crippen molar-refractivity contribution in [3.8, 4) is 5.75 Å². The lowest BCUT2D eigenvalue weighted by molar-refractivity contribution is -0.142. The van der Waals surface area contributed by atoms with Gasteiger partial charge in [0.2, 0.25) is 17.7 Å². The lowest BCUT2D eigenvalue weighted by Crippen LogP contribution is -2.54. The molecule has 15 nitrogen and oxygen atoms in total. The minimum absolute atomic E-state index is 0.0169. The van der Waals surface area contributed by atoms with Crippen LogP contribution in [0.5, 0.6) is 5.75 Å². The second-order valence-electron chi connectivity index (χ2n) is 7.34. The van der Waals surface area contributed by atoms with Crippen LogP contribution in [0, 0.1) is 0 Å². The van der Waals surface area contributed by atoms with Crippen LogP contribution in [0.4, 0.5) is 0 Å². The van der Waals surface area contributed by atoms with Gasteiger partial charge in [-0.3, -0.25) is 24.2 Å². The summed E-state index contributed by atoms with van der Waals surface area (Å²) in [5, 5.41) is 33.4. The molecular weight excluding hydrogens is 478 g/mol. The smallest absolute Gasteiger partial charge is 0.326 e. The zero-order chi connectivity index (χ0) is 27.7. The number of guanidine groups is 1. The fraction of sp³-hybridized carbons (Fsp3) is 0.429. The predicted octanol–water partition coefficient (Wildman–Crippen LogP) is -2.79. The number of carbonyl (C=O) groups excluding carboxylic acids is 3. The fourth-order valence-electron chi connectivity index (χ4n) is 2.61. The Kier molecular flexibility index (Phi) is 15.0. The van der Waals surface area contributed by atoms with Gasteiger partial charge in [-0.25, -0.2) is 4.79 Å². The molecule has 0 heterocycles. The molecule has 0 aromatic heterocycles. The molecule has 0 bridgehead atoms. The number of aromatic hydroxyl groups is 1. The Bertz CT molecular complexity index is 913. The number of carbonyl (C=O) groups is 5. The number of nitrogens with one attached hydrogen (secondary N) is 3. The molecule has 0 spiro atoms. The molecule has 1 rings (SSSR count). The summed E-state index contributed by atoms with van der Waals surface area (Å²) in [5.41, 5.74) is 16.2. The van der Waals surface area contributed by atoms with E-state index < -0.39 is 48.3 Å². The van der Waals surface area contributed by atoms with Gasteiger partial charge in [-0.05, 0) is 30.5 Å². The molecule has 2 unspecified atom stereocenters. The molecule has 12 N–H and O–H groups in total. The second-order valence-corrected chi connectivity index (χ2v) is 7.34. The van der Waals surface area contributed by atoms with Crippen LogP contribution in [0.3, 0.4) is 0 Å². The molecule has 0 saturated heterocycles. The molecule has 200 valence electrons. The van der Waals surface area contributed by atoms with Crippen molar-refractivity contribution in [2.75, 3.05) is 19.6 Å². The molecule has 36 heavy (non-hydrogen) atoms. The molecular formula is C21H33N7O8. The monoisotopic (exact) mass is 511 g/mol. The third kappa shape index (κ3) is 15.4. The number of aliphatic imine (C=N–C) groups is 1. The summed E-state index contributed by atoms with van der Waals surface area (Å²) in [5.74, 6) is -4.13. The van der Waals surface area contributed by atoms with E-state index in [9.17, 15) is 29.4 Å². The Morgan fingerprint density at radius 1 is 0.972 bits per heavy atom. The highest BCUT2D eigenvalue weighted by molar-refractivity contribution is 5.92. The molecule has 0 aliphatic carbocycles. The topological polar surface area (TPSA) is 273 Å². The standard InChI is InChI=1S/C19H29N7O6.C2H4O2/c20-9-15(28)24-10-16(29)25-14(8-11-3-5-12(27)6-4-11)17(30)26-13(18(31)32)2-1-7-23-19(21)22;1-2(3)4/h3-6,13-14,27H,1-2,7-10,20H2,(H,24,28)(H,25,29)(H,26,30)(H,31,32)(H4,21,22,23);1H3,(H,3,4). The van der Waals surface area contributed by atoms with Gasteiger partial charge in [-0.1, -0.05) is 12.1 Å². The van der Waals surface area contributed by atoms with E-state index in [2.05, 4.69) is 20.9 Å². The average molecular weight is 512 g/mol. The average Bonchev–Trinajstić information content (AvgIpc) is 2.79. The molecule has 3 amide bonds. The summed E-state index contributed by atoms with van der Waals surface area (Å²) in [7, 11) is 0. The van der Waals surface area contributed by atoms with Crippen molar-refractivity contribution in [3.05, 3.63) is 29.8 Å². The van der Waals surface area contributed by atoms with Crippen LogP contribution < -0.4 is 33.2 Å². The van der Waals surface area contributed by atoms with Gasteiger partial charge in [-0.2, -0.15) is 0 Å². The van der Waals surface area contributed by atoms with Crippen LogP contribution in [0.25, 0.3) is 0 Å². The summed E-state index contributed by atoms with van der Waals surface area (Å²) in [6.07, 6.45) is 0.378. The Hall–Kier alpha value is -4.40. The Labute approximate surface area is 207 Å². The highest BCUT2D eigenvalue weighted by Gasteiger charge is 2.26. The maximum atomic E-state index is 12.8. The van der Waals surface area contributed by atoms with Crippen molar-refractivity contribution in [2.45, 2.75) is 38.3 Å². The first-order chi connectivity index (χ1) is 16.8. The molecule has 0 aliphatic rings. The number of carboxylic acid groups (broad SMARTS) is 2. The van der Waals surface area contributed by atoms with E-state index in [1.807, 2.05) is 0 Å². The van der Waals surface area contributed by atoms with Gasteiger partial charge >= 0.3 is 5.97 Å². The maximum Gasteiger partial charge on any atom is 0.326 e. The first-order valence-electron chi connectivity index (χ1n) is 10.7. The molecule has 0 aliphatic heterocycles. The van der Waals surface area contributed by atoms with E-state index in [0.29, 0.717) is 12.0 Å². The Balaban J connectivity index is 0.00000283. The number of nitrogens with two attached hydrogens (primary N) is 3. The number of rotatable bonds is 13. The van der Waals surface area contributed by atoms with Crippen molar-refractivity contribution in [2.24, 2.45) is 22.2 Å². The zero-order valence-electron chi connectivity index (χ0n) is 19.8. The van der Waals surface area contributed by atoms with Crippen LogP contribution in [0.15, 0.2) is 29.3 Å². The Morgan fingerprint density at radius 2 is 1.56 bits per heavy atom. The van der Waals surface area contributed by atoms with Gasteiger partial charge < -0.3 is 48.5 Å². The van der Waals surface area contributed by atoms with E-state index in [4.69, 9.17) is 27.1 Å². The highest BCUT2D eigenvalue weighted by Crippen LogP contribution is 2.12. The number of phenols is 1. The van der Waals surface area contributed by atoms with Crippen molar-refractivity contribution >= 4 is 35.6 Å². The van der Waals surface area contributed by atoms with Crippen molar-refractivity contribution in [1.82, 2.24) is 16.0 Å². The van der Waals surface area contributed by atoms with E-state index in [-0.39, 0.29) is 37.6 Å². The number of nitrogens with zero attached hydrogens (tertiary/aromatic N) is 1. The first-order valence-corrected chi connectivity index (χ1v) is 10.7. The number of benzene rings is 1. The number of carboxylic acids is 2. The molecule has 0 saturated carbocycles. The predicted molar refractivity (Wildman–Crippen MR) is 129 cm³/mol. The first kappa shape index (κ1) is 31.6. The molecule has 2 atom stereocenters. The molecule has 0 fully saturated rings. The summed E-state index contributed by atoms with van der Waals surface area (Å²) >= 11 is 0. The molecule has 1 aromatic rings. The SMILES string of the molecule is CC(=O)O.NCC(=O)NCC(=O)NC(Cc1ccc(O)cc1)C(=O)NC(CCCN=C(N)N)C(=O)O. The third-order valence-corrected chi connectivity index (χ3v) is 4.22. The van der Waals surface area contributed by atoms with Crippen LogP contribution >= 0.6 is 0 Å². The van der Waals surface area contributed by atoms with Crippen LogP contribution in [0.1, 0.15) is 25.3 Å². The quantitative estimate of drug-likeness (QED) is 0.0741. The van der Waals surface area contributed by atoms with Gasteiger partial charge in [0, 0.05) is 19.9 Å². The van der Waals surface area contributed by atoms with Crippen LogP contribution in [-0.2, 0) is 30.4 Å². The van der Waals surface area contributed by atoms with Crippen molar-refractivity contribution < 1.29 is 39.3 Å². The minimum Gasteiger partial charge on any atom is -0.508 e. The number of hydrogen-bond donors (Lipinski definition) is 9. The largest absolute Gasteiger partial charge is 0.508 e. The van der Waals surface area contributed by atoms with E-state index >= 15 is 0 Å². The van der Waals surface area contributed by atoms with Gasteiger partial charge in [-0.15, -0.1) is 0 Å². The fourth-order valence-corrected chi connectivity index (χ4v) is 2.61. The van der Waals surface area contributed by atoms with Gasteiger partial charge in [0.15, 0.2) is 5.96 Å². The van der Waals surface area contributed by atoms with E-state index in [1.165, 1.54) is 12.1 Å². The van der Waals surface area contributed by atoms with Crippen molar-refractivity contribution in [3.63, 3.8) is 0 Å². The lowest BCUT2D eigenvalue weighted by Gasteiger charge is -2.22. The van der Waals surface area contributed by atoms with Crippen LogP contribution in [0.2, 0.25) is 0 Å². The van der Waals surface area contributed by atoms with Gasteiger partial charge in [0.1, 0.15) is 17.8 Å². The molecule has 1 aromatic carbocycles. The van der Waals surface area contributed by atoms with Gasteiger partial charge in [0.05, 0.1) is 13.1 Å². The summed E-state index contributed by atoms with van der Waals surface area (Å²) in [4.78, 5) is 60.5. The normalized spacial score (nSPS) is 11.5. The zero-order valence-corrected chi connectivity index (χ0v) is 19.8. The summed E-state index contributed by atoms with van der Waals surface area (Å²) in [6, 6.07) is 3.58. The third-order valence-electron chi connectivity index (χ3n) is 4.22. The number of amides is 3. The summed E-state index contributed by atoms with van der Waals surface area (Å²) in [6.45, 7) is 0.567.